The van der Waals surface area contributed by atoms with Crippen LogP contribution in [0.4, 0.5) is 0 Å². The van der Waals surface area contributed by atoms with Crippen molar-refractivity contribution in [1.82, 2.24) is 5.32 Å². The molecule has 2 rings (SSSR count). The van der Waals surface area contributed by atoms with Crippen LogP contribution in [0.3, 0.4) is 0 Å². The van der Waals surface area contributed by atoms with Crippen molar-refractivity contribution >= 4 is 33.2 Å². The molecule has 1 N–H and O–H groups in total. The van der Waals surface area contributed by atoms with Crippen LogP contribution >= 0.6 is 23.4 Å². The molecule has 106 valence electrons. The standard InChI is InChI=1S/C13H18ClNO2S2/c1-19(16,17)7-6-18-13-5-2-10(8-12(13)14)9-15-11-3-4-11/h2,5,8,11,15H,3-4,6-7,9H2,1H3. The Hall–Kier alpha value is -0.230. The monoisotopic (exact) mass is 319 g/mol. The Kier molecular flexibility index (Phi) is 5.17. The lowest BCUT2D eigenvalue weighted by atomic mass is 10.2. The van der Waals surface area contributed by atoms with Crippen LogP contribution in [0.1, 0.15) is 18.4 Å². The van der Waals surface area contributed by atoms with Crippen molar-refractivity contribution in [3.05, 3.63) is 28.8 Å². The van der Waals surface area contributed by atoms with Crippen LogP contribution in [0.25, 0.3) is 0 Å². The van der Waals surface area contributed by atoms with Gasteiger partial charge in [-0.2, -0.15) is 0 Å². The van der Waals surface area contributed by atoms with Gasteiger partial charge in [0.05, 0.1) is 10.8 Å². The van der Waals surface area contributed by atoms with E-state index < -0.39 is 9.84 Å². The maximum atomic E-state index is 11.1. The minimum Gasteiger partial charge on any atom is -0.310 e. The number of benzene rings is 1. The summed E-state index contributed by atoms with van der Waals surface area (Å²) in [5, 5.41) is 4.14. The molecule has 0 atom stereocenters. The summed E-state index contributed by atoms with van der Waals surface area (Å²) in [5.74, 6) is 0.719. The van der Waals surface area contributed by atoms with Crippen molar-refractivity contribution in [3.8, 4) is 0 Å². The van der Waals surface area contributed by atoms with Crippen molar-refractivity contribution < 1.29 is 8.42 Å². The van der Waals surface area contributed by atoms with Gasteiger partial charge in [-0.15, -0.1) is 11.8 Å². The van der Waals surface area contributed by atoms with Crippen molar-refractivity contribution in [1.29, 1.82) is 0 Å². The summed E-state index contributed by atoms with van der Waals surface area (Å²) < 4.78 is 22.1. The smallest absolute Gasteiger partial charge is 0.148 e. The summed E-state index contributed by atoms with van der Waals surface area (Å²) >= 11 is 7.70. The van der Waals surface area contributed by atoms with E-state index in [4.69, 9.17) is 11.6 Å². The molecule has 1 saturated carbocycles. The predicted octanol–water partition coefficient (Wildman–Crippen LogP) is 2.73. The third-order valence-corrected chi connectivity index (χ3v) is 5.58. The van der Waals surface area contributed by atoms with Crippen molar-refractivity contribution in [3.63, 3.8) is 0 Å². The van der Waals surface area contributed by atoms with E-state index in [9.17, 15) is 8.42 Å². The van der Waals surface area contributed by atoms with Gasteiger partial charge in [0.25, 0.3) is 0 Å². The number of sulfone groups is 1. The molecule has 0 unspecified atom stereocenters. The van der Waals surface area contributed by atoms with E-state index in [2.05, 4.69) is 5.32 Å². The first kappa shape index (κ1) is 15.2. The first-order valence-electron chi connectivity index (χ1n) is 6.26. The zero-order valence-corrected chi connectivity index (χ0v) is 13.2. The van der Waals surface area contributed by atoms with Crippen LogP contribution in [-0.2, 0) is 16.4 Å². The van der Waals surface area contributed by atoms with Gasteiger partial charge in [-0.1, -0.05) is 17.7 Å². The molecule has 1 aliphatic carbocycles. The highest BCUT2D eigenvalue weighted by molar-refractivity contribution is 8.00. The number of halogens is 1. The number of thioether (sulfide) groups is 1. The Bertz CT molecular complexity index is 542. The summed E-state index contributed by atoms with van der Waals surface area (Å²) in [6.45, 7) is 0.846. The summed E-state index contributed by atoms with van der Waals surface area (Å²) in [7, 11) is -2.90. The molecule has 0 aromatic heterocycles. The average Bonchev–Trinajstić information content (AvgIpc) is 3.11. The van der Waals surface area contributed by atoms with Crippen LogP contribution < -0.4 is 5.32 Å². The van der Waals surface area contributed by atoms with E-state index in [0.29, 0.717) is 16.8 Å². The Labute approximate surface area is 124 Å². The Morgan fingerprint density at radius 2 is 2.16 bits per heavy atom. The summed E-state index contributed by atoms with van der Waals surface area (Å²) in [4.78, 5) is 0.945. The van der Waals surface area contributed by atoms with E-state index in [1.807, 2.05) is 18.2 Å². The lowest BCUT2D eigenvalue weighted by Crippen LogP contribution is -2.15. The van der Waals surface area contributed by atoms with Gasteiger partial charge in [-0.3, -0.25) is 0 Å². The third-order valence-electron chi connectivity index (χ3n) is 2.88. The number of nitrogens with one attached hydrogen (secondary N) is 1. The quantitative estimate of drug-likeness (QED) is 0.785. The Morgan fingerprint density at radius 3 is 2.74 bits per heavy atom. The molecule has 19 heavy (non-hydrogen) atoms. The molecule has 0 amide bonds. The fourth-order valence-electron chi connectivity index (χ4n) is 1.62. The fourth-order valence-corrected chi connectivity index (χ4v) is 4.12. The van der Waals surface area contributed by atoms with Crippen LogP contribution in [0.2, 0.25) is 5.02 Å². The van der Waals surface area contributed by atoms with Crippen LogP contribution in [0.15, 0.2) is 23.1 Å². The minimum absolute atomic E-state index is 0.180. The lowest BCUT2D eigenvalue weighted by molar-refractivity contribution is 0.603. The van der Waals surface area contributed by atoms with Gasteiger partial charge >= 0.3 is 0 Å². The fraction of sp³-hybridized carbons (Fsp3) is 0.538. The molecule has 0 heterocycles. The normalized spacial score (nSPS) is 15.7. The van der Waals surface area contributed by atoms with Gasteiger partial charge in [0.2, 0.25) is 0 Å². The van der Waals surface area contributed by atoms with E-state index in [1.165, 1.54) is 36.4 Å². The first-order chi connectivity index (χ1) is 8.94. The van der Waals surface area contributed by atoms with E-state index >= 15 is 0 Å². The molecule has 1 aliphatic rings. The molecule has 1 fully saturated rings. The van der Waals surface area contributed by atoms with E-state index in [-0.39, 0.29) is 5.75 Å². The van der Waals surface area contributed by atoms with Crippen LogP contribution in [0, 0.1) is 0 Å². The third kappa shape index (κ3) is 5.73. The number of rotatable bonds is 7. The molecule has 1 aromatic rings. The molecule has 0 aliphatic heterocycles. The maximum Gasteiger partial charge on any atom is 0.148 e. The predicted molar refractivity (Wildman–Crippen MR) is 81.7 cm³/mol. The molecule has 0 radical (unpaired) electrons. The molecule has 0 spiro atoms. The van der Waals surface area contributed by atoms with Gasteiger partial charge in [0.15, 0.2) is 0 Å². The van der Waals surface area contributed by atoms with Crippen molar-refractivity contribution in [2.75, 3.05) is 17.8 Å². The Balaban J connectivity index is 1.86. The van der Waals surface area contributed by atoms with Crippen LogP contribution in [0.5, 0.6) is 0 Å². The second kappa shape index (κ2) is 6.48. The second-order valence-electron chi connectivity index (χ2n) is 4.90. The van der Waals surface area contributed by atoms with Gasteiger partial charge < -0.3 is 5.32 Å². The average molecular weight is 320 g/mol. The molecule has 1 aromatic carbocycles. The molecule has 0 saturated heterocycles. The van der Waals surface area contributed by atoms with E-state index in [1.54, 1.807) is 0 Å². The summed E-state index contributed by atoms with van der Waals surface area (Å²) in [6.07, 6.45) is 3.79. The summed E-state index contributed by atoms with van der Waals surface area (Å²) in [6, 6.07) is 6.66. The number of hydrogen-bond acceptors (Lipinski definition) is 4. The molecular formula is C13H18ClNO2S2. The highest BCUT2D eigenvalue weighted by atomic mass is 35.5. The lowest BCUT2D eigenvalue weighted by Gasteiger charge is -2.07. The Morgan fingerprint density at radius 1 is 1.42 bits per heavy atom. The molecule has 3 nitrogen and oxygen atoms in total. The van der Waals surface area contributed by atoms with Gasteiger partial charge in [0.1, 0.15) is 9.84 Å². The van der Waals surface area contributed by atoms with Crippen molar-refractivity contribution in [2.24, 2.45) is 0 Å². The highest BCUT2D eigenvalue weighted by Crippen LogP contribution is 2.28. The molecular weight excluding hydrogens is 302 g/mol. The second-order valence-corrected chi connectivity index (χ2v) is 8.70. The van der Waals surface area contributed by atoms with Crippen LogP contribution in [-0.4, -0.2) is 32.2 Å². The highest BCUT2D eigenvalue weighted by Gasteiger charge is 2.19. The van der Waals surface area contributed by atoms with Crippen molar-refractivity contribution in [2.45, 2.75) is 30.3 Å². The first-order valence-corrected chi connectivity index (χ1v) is 9.69. The SMILES string of the molecule is CS(=O)(=O)CCSc1ccc(CNC2CC2)cc1Cl. The van der Waals surface area contributed by atoms with Gasteiger partial charge in [0, 0.05) is 29.5 Å². The van der Waals surface area contributed by atoms with Gasteiger partial charge in [-0.05, 0) is 30.5 Å². The zero-order valence-electron chi connectivity index (χ0n) is 10.9. The largest absolute Gasteiger partial charge is 0.310 e. The summed E-state index contributed by atoms with van der Waals surface area (Å²) in [5.41, 5.74) is 1.17. The topological polar surface area (TPSA) is 46.2 Å². The maximum absolute atomic E-state index is 11.1. The van der Waals surface area contributed by atoms with E-state index in [0.717, 1.165) is 11.4 Å². The number of hydrogen-bond donors (Lipinski definition) is 1. The zero-order chi connectivity index (χ0) is 13.9. The molecule has 6 heteroatoms. The van der Waals surface area contributed by atoms with Gasteiger partial charge in [-0.25, -0.2) is 8.42 Å². The molecule has 0 bridgehead atoms. The minimum atomic E-state index is -2.90.